The predicted octanol–water partition coefficient (Wildman–Crippen LogP) is 2.67. The van der Waals surface area contributed by atoms with Gasteiger partial charge in [-0.3, -0.25) is 4.57 Å². The molecule has 7 heteroatoms. The molecule has 2 aromatic carbocycles. The maximum absolute atomic E-state index is 12.3. The molecule has 0 aliphatic heterocycles. The van der Waals surface area contributed by atoms with Crippen molar-refractivity contribution in [1.29, 1.82) is 0 Å². The summed E-state index contributed by atoms with van der Waals surface area (Å²) in [5, 5.41) is 11.8. The molecule has 0 saturated carbocycles. The van der Waals surface area contributed by atoms with Crippen molar-refractivity contribution in [3.05, 3.63) is 81.5 Å². The number of fused-ring (bicyclic) bond motifs is 1. The summed E-state index contributed by atoms with van der Waals surface area (Å²) in [4.78, 5) is 26.3. The van der Waals surface area contributed by atoms with Crippen molar-refractivity contribution in [2.24, 2.45) is 0 Å². The van der Waals surface area contributed by atoms with E-state index in [1.807, 2.05) is 12.1 Å². The summed E-state index contributed by atoms with van der Waals surface area (Å²) < 4.78 is 7.26. The van der Waals surface area contributed by atoms with Gasteiger partial charge in [-0.1, -0.05) is 30.3 Å². The molecule has 0 unspecified atom stereocenters. The maximum Gasteiger partial charge on any atom is 0.345 e. The van der Waals surface area contributed by atoms with Crippen LogP contribution in [0.1, 0.15) is 10.4 Å². The molecule has 6 nitrogen and oxygen atoms in total. The third-order valence-electron chi connectivity index (χ3n) is 4.01. The molecule has 128 valence electrons. The monoisotopic (exact) mass is 363 g/mol. The van der Waals surface area contributed by atoms with Crippen molar-refractivity contribution in [3.8, 4) is 16.9 Å². The molecule has 4 rings (SSSR count). The number of aromatic carboxylic acids is 1. The SMILES string of the molecule is O=C([O-])c1cccc(-n2cc(-c3cc4ccccc4oc3=O)[nH]c2=S)c1. The number of aromatic amines is 1. The number of benzene rings is 2. The van der Waals surface area contributed by atoms with Crippen molar-refractivity contribution >= 4 is 29.2 Å². The van der Waals surface area contributed by atoms with E-state index >= 15 is 0 Å². The van der Waals surface area contributed by atoms with Gasteiger partial charge in [0.1, 0.15) is 5.58 Å². The Morgan fingerprint density at radius 3 is 2.73 bits per heavy atom. The fourth-order valence-corrected chi connectivity index (χ4v) is 3.02. The lowest BCUT2D eigenvalue weighted by atomic mass is 10.1. The zero-order valence-electron chi connectivity index (χ0n) is 13.3. The second kappa shape index (κ2) is 6.12. The van der Waals surface area contributed by atoms with Gasteiger partial charge in [0.05, 0.1) is 17.2 Å². The van der Waals surface area contributed by atoms with Crippen LogP contribution < -0.4 is 10.7 Å². The summed E-state index contributed by atoms with van der Waals surface area (Å²) in [5.74, 6) is -1.27. The number of carboxylic acids is 1. The average molecular weight is 363 g/mol. The van der Waals surface area contributed by atoms with Crippen molar-refractivity contribution in [2.45, 2.75) is 0 Å². The van der Waals surface area contributed by atoms with Gasteiger partial charge in [0.25, 0.3) is 0 Å². The lowest BCUT2D eigenvalue weighted by Crippen LogP contribution is -2.22. The molecule has 0 saturated heterocycles. The summed E-state index contributed by atoms with van der Waals surface area (Å²) in [6, 6.07) is 15.1. The van der Waals surface area contributed by atoms with Crippen LogP contribution in [-0.4, -0.2) is 15.5 Å². The molecule has 2 heterocycles. The summed E-state index contributed by atoms with van der Waals surface area (Å²) in [6.45, 7) is 0. The van der Waals surface area contributed by atoms with E-state index in [0.717, 1.165) is 5.39 Å². The number of carboxylic acid groups (broad SMARTS) is 1. The lowest BCUT2D eigenvalue weighted by Gasteiger charge is -2.06. The van der Waals surface area contributed by atoms with Crippen LogP contribution in [0.5, 0.6) is 0 Å². The number of carbonyl (C=O) groups is 1. The highest BCUT2D eigenvalue weighted by Crippen LogP contribution is 2.22. The molecule has 2 aromatic heterocycles. The molecule has 0 spiro atoms. The maximum atomic E-state index is 12.3. The van der Waals surface area contributed by atoms with Crippen LogP contribution in [-0.2, 0) is 0 Å². The second-order valence-electron chi connectivity index (χ2n) is 5.67. The Balaban J connectivity index is 1.86. The number of carbonyl (C=O) groups excluding carboxylic acids is 1. The van der Waals surface area contributed by atoms with Gasteiger partial charge in [-0.2, -0.15) is 0 Å². The number of nitrogens with one attached hydrogen (secondary N) is 1. The molecule has 0 fully saturated rings. The van der Waals surface area contributed by atoms with E-state index < -0.39 is 11.6 Å². The Morgan fingerprint density at radius 1 is 1.12 bits per heavy atom. The molecule has 0 aliphatic rings. The first kappa shape index (κ1) is 16.0. The van der Waals surface area contributed by atoms with Crippen LogP contribution in [0, 0.1) is 4.77 Å². The van der Waals surface area contributed by atoms with E-state index in [4.69, 9.17) is 16.6 Å². The van der Waals surface area contributed by atoms with Crippen LogP contribution in [0.15, 0.2) is 70.0 Å². The van der Waals surface area contributed by atoms with Gasteiger partial charge < -0.3 is 19.3 Å². The van der Waals surface area contributed by atoms with Gasteiger partial charge in [0, 0.05) is 17.3 Å². The van der Waals surface area contributed by atoms with E-state index in [2.05, 4.69) is 4.98 Å². The van der Waals surface area contributed by atoms with Gasteiger partial charge in [-0.15, -0.1) is 0 Å². The van der Waals surface area contributed by atoms with Gasteiger partial charge in [0.2, 0.25) is 0 Å². The fourth-order valence-electron chi connectivity index (χ4n) is 2.76. The lowest BCUT2D eigenvalue weighted by molar-refractivity contribution is -0.255. The molecular formula is C19H11N2O4S-. The fraction of sp³-hybridized carbons (Fsp3) is 0. The Labute approximate surface area is 152 Å². The van der Waals surface area contributed by atoms with Crippen LogP contribution in [0.2, 0.25) is 0 Å². The van der Waals surface area contributed by atoms with Crippen LogP contribution in [0.4, 0.5) is 0 Å². The van der Waals surface area contributed by atoms with Crippen LogP contribution >= 0.6 is 12.2 Å². The minimum absolute atomic E-state index is 0.0392. The Kier molecular flexibility index (Phi) is 3.78. The first-order valence-electron chi connectivity index (χ1n) is 7.69. The number of hydrogen-bond acceptors (Lipinski definition) is 5. The zero-order chi connectivity index (χ0) is 18.3. The standard InChI is InChI=1S/C19H12N2O4S/c22-17(23)12-5-3-6-13(8-12)21-10-15(20-19(21)26)14-9-11-4-1-2-7-16(11)25-18(14)24/h1-10H,(H,20,26)(H,22,23)/p-1. The normalized spacial score (nSPS) is 10.9. The van der Waals surface area contributed by atoms with E-state index in [1.165, 1.54) is 12.1 Å². The topological polar surface area (TPSA) is 91.1 Å². The first-order valence-corrected chi connectivity index (χ1v) is 8.10. The van der Waals surface area contributed by atoms with E-state index in [9.17, 15) is 14.7 Å². The number of H-pyrrole nitrogens is 1. The number of hydrogen-bond donors (Lipinski definition) is 1. The molecule has 1 N–H and O–H groups in total. The van der Waals surface area contributed by atoms with Crippen molar-refractivity contribution < 1.29 is 14.3 Å². The molecule has 26 heavy (non-hydrogen) atoms. The van der Waals surface area contributed by atoms with E-state index in [-0.39, 0.29) is 5.56 Å². The number of rotatable bonds is 3. The Hall–Kier alpha value is -3.45. The highest BCUT2D eigenvalue weighted by atomic mass is 32.1. The molecule has 0 aliphatic carbocycles. The van der Waals surface area contributed by atoms with E-state index in [0.29, 0.717) is 27.3 Å². The first-order chi connectivity index (χ1) is 12.5. The van der Waals surface area contributed by atoms with Crippen molar-refractivity contribution in [3.63, 3.8) is 0 Å². The van der Waals surface area contributed by atoms with Gasteiger partial charge in [-0.25, -0.2) is 4.79 Å². The smallest absolute Gasteiger partial charge is 0.345 e. The summed E-state index contributed by atoms with van der Waals surface area (Å²) in [6.07, 6.45) is 1.64. The largest absolute Gasteiger partial charge is 0.545 e. The number of para-hydroxylation sites is 1. The number of imidazole rings is 1. The van der Waals surface area contributed by atoms with E-state index in [1.54, 1.807) is 41.1 Å². The molecule has 4 aromatic rings. The number of nitrogens with zero attached hydrogens (tertiary/aromatic N) is 1. The Morgan fingerprint density at radius 2 is 1.92 bits per heavy atom. The summed E-state index contributed by atoms with van der Waals surface area (Å²) >= 11 is 5.31. The molecule has 0 radical (unpaired) electrons. The molecule has 0 atom stereocenters. The number of aromatic nitrogens is 2. The highest BCUT2D eigenvalue weighted by molar-refractivity contribution is 7.71. The van der Waals surface area contributed by atoms with Crippen molar-refractivity contribution in [1.82, 2.24) is 9.55 Å². The molecule has 0 amide bonds. The van der Waals surface area contributed by atoms with Gasteiger partial charge in [-0.05, 0) is 42.0 Å². The third kappa shape index (κ3) is 2.74. The predicted molar refractivity (Wildman–Crippen MR) is 96.8 cm³/mol. The molecular weight excluding hydrogens is 352 g/mol. The minimum atomic E-state index is -1.27. The molecule has 0 bridgehead atoms. The minimum Gasteiger partial charge on any atom is -0.545 e. The summed E-state index contributed by atoms with van der Waals surface area (Å²) in [7, 11) is 0. The average Bonchev–Trinajstić information content (AvgIpc) is 3.02. The van der Waals surface area contributed by atoms with Crippen molar-refractivity contribution in [2.75, 3.05) is 0 Å². The van der Waals surface area contributed by atoms with Crippen LogP contribution in [0.25, 0.3) is 27.9 Å². The van der Waals surface area contributed by atoms with Crippen LogP contribution in [0.3, 0.4) is 0 Å². The second-order valence-corrected chi connectivity index (χ2v) is 6.05. The van der Waals surface area contributed by atoms with Gasteiger partial charge in [0.15, 0.2) is 4.77 Å². The highest BCUT2D eigenvalue weighted by Gasteiger charge is 2.12. The summed E-state index contributed by atoms with van der Waals surface area (Å²) in [5.41, 5.74) is 1.41. The zero-order valence-corrected chi connectivity index (χ0v) is 14.1. The Bertz CT molecular complexity index is 1270. The third-order valence-corrected chi connectivity index (χ3v) is 4.31. The quantitative estimate of drug-likeness (QED) is 0.446. The van der Waals surface area contributed by atoms with Gasteiger partial charge >= 0.3 is 5.63 Å².